The van der Waals surface area contributed by atoms with Crippen molar-refractivity contribution in [2.75, 3.05) is 11.5 Å². The molecule has 0 unspecified atom stereocenters. The number of nitrogens with one attached hydrogen (secondary N) is 1. The summed E-state index contributed by atoms with van der Waals surface area (Å²) in [4.78, 5) is 6.60. The zero-order valence-electron chi connectivity index (χ0n) is 18.2. The normalized spacial score (nSPS) is 17.6. The smallest absolute Gasteiger partial charge is 0.174 e. The van der Waals surface area contributed by atoms with Gasteiger partial charge >= 0.3 is 0 Å². The first kappa shape index (κ1) is 22.6. The van der Waals surface area contributed by atoms with Crippen LogP contribution in [0.15, 0.2) is 87.9 Å². The number of anilines is 1. The summed E-state index contributed by atoms with van der Waals surface area (Å²) in [6.07, 6.45) is 1.76. The maximum absolute atomic E-state index is 13.6. The number of nitrogens with zero attached hydrogens (tertiary/aromatic N) is 2. The molecule has 172 valence electrons. The Morgan fingerprint density at radius 2 is 1.94 bits per heavy atom. The van der Waals surface area contributed by atoms with Gasteiger partial charge in [-0.2, -0.15) is 0 Å². The van der Waals surface area contributed by atoms with Crippen molar-refractivity contribution in [2.45, 2.75) is 19.0 Å². The van der Waals surface area contributed by atoms with Crippen LogP contribution in [-0.2, 0) is 0 Å². The third-order valence-corrected chi connectivity index (χ3v) is 6.61. The first-order valence-electron chi connectivity index (χ1n) is 10.8. The van der Waals surface area contributed by atoms with E-state index in [2.05, 4.69) is 26.2 Å². The number of ether oxygens (including phenoxy) is 1. The Kier molecular flexibility index (Phi) is 6.34. The highest BCUT2D eigenvalue weighted by atomic mass is 79.9. The molecule has 1 saturated heterocycles. The summed E-state index contributed by atoms with van der Waals surface area (Å²) in [5.74, 6) is 1.82. The zero-order chi connectivity index (χ0) is 23.7. The molecule has 0 radical (unpaired) electrons. The predicted octanol–water partition coefficient (Wildman–Crippen LogP) is 6.82. The van der Waals surface area contributed by atoms with Gasteiger partial charge in [0.05, 0.1) is 18.3 Å². The van der Waals surface area contributed by atoms with Gasteiger partial charge in [-0.15, -0.1) is 0 Å². The Morgan fingerprint density at radius 1 is 1.12 bits per heavy atom. The van der Waals surface area contributed by atoms with Crippen LogP contribution >= 0.6 is 28.1 Å². The van der Waals surface area contributed by atoms with Crippen LogP contribution in [0.3, 0.4) is 0 Å². The van der Waals surface area contributed by atoms with E-state index in [1.165, 1.54) is 12.1 Å². The third-order valence-electron chi connectivity index (χ3n) is 5.64. The lowest BCUT2D eigenvalue weighted by Crippen LogP contribution is -2.29. The van der Waals surface area contributed by atoms with Crippen molar-refractivity contribution in [1.82, 2.24) is 10.3 Å². The average molecular weight is 538 g/mol. The third kappa shape index (κ3) is 4.31. The SMILES string of the molecule is CCOc1ccc(N2C(=S)N[C@H](c3ccccn3)[C@@H]2c2ccc(-c3ccc(F)cc3Br)o2)cc1. The van der Waals surface area contributed by atoms with Crippen LogP contribution in [0.5, 0.6) is 5.75 Å². The molecule has 2 atom stereocenters. The first-order chi connectivity index (χ1) is 16.5. The quantitative estimate of drug-likeness (QED) is 0.272. The van der Waals surface area contributed by atoms with Crippen LogP contribution in [0.25, 0.3) is 11.3 Å². The van der Waals surface area contributed by atoms with Crippen LogP contribution < -0.4 is 15.0 Å². The molecule has 2 aromatic heterocycles. The largest absolute Gasteiger partial charge is 0.494 e. The van der Waals surface area contributed by atoms with Crippen molar-refractivity contribution in [1.29, 1.82) is 0 Å². The van der Waals surface area contributed by atoms with Crippen molar-refractivity contribution >= 4 is 38.9 Å². The minimum Gasteiger partial charge on any atom is -0.494 e. The second kappa shape index (κ2) is 9.56. The molecule has 4 aromatic rings. The highest BCUT2D eigenvalue weighted by Gasteiger charge is 2.42. The lowest BCUT2D eigenvalue weighted by Gasteiger charge is -2.26. The lowest BCUT2D eigenvalue weighted by atomic mass is 10.0. The summed E-state index contributed by atoms with van der Waals surface area (Å²) in [5, 5.41) is 3.99. The number of benzene rings is 2. The fraction of sp³-hybridized carbons (Fsp3) is 0.154. The maximum atomic E-state index is 13.6. The molecule has 0 aliphatic carbocycles. The maximum Gasteiger partial charge on any atom is 0.174 e. The van der Waals surface area contributed by atoms with Gasteiger partial charge < -0.3 is 19.4 Å². The van der Waals surface area contributed by atoms with Gasteiger partial charge in [-0.1, -0.05) is 6.07 Å². The van der Waals surface area contributed by atoms with Crippen LogP contribution in [0.4, 0.5) is 10.1 Å². The molecule has 1 fully saturated rings. The fourth-order valence-corrected chi connectivity index (χ4v) is 5.03. The summed E-state index contributed by atoms with van der Waals surface area (Å²) in [6.45, 7) is 2.55. The van der Waals surface area contributed by atoms with Gasteiger partial charge in [0.15, 0.2) is 5.11 Å². The van der Waals surface area contributed by atoms with Gasteiger partial charge in [0.1, 0.15) is 29.1 Å². The fourth-order valence-electron chi connectivity index (χ4n) is 4.14. The molecule has 3 heterocycles. The summed E-state index contributed by atoms with van der Waals surface area (Å²) in [6, 6.07) is 21.5. The number of halogens is 2. The number of aromatic nitrogens is 1. The summed E-state index contributed by atoms with van der Waals surface area (Å²) < 4.78 is 26.2. The van der Waals surface area contributed by atoms with Crippen molar-refractivity contribution in [3.05, 3.63) is 101 Å². The number of furan rings is 1. The van der Waals surface area contributed by atoms with Gasteiger partial charge in [0.25, 0.3) is 0 Å². The minimum atomic E-state index is -0.315. The van der Waals surface area contributed by atoms with E-state index in [4.69, 9.17) is 21.4 Å². The van der Waals surface area contributed by atoms with E-state index in [1.807, 2.05) is 66.4 Å². The van der Waals surface area contributed by atoms with E-state index in [0.717, 1.165) is 22.7 Å². The van der Waals surface area contributed by atoms with Crippen molar-refractivity contribution in [3.8, 4) is 17.1 Å². The second-order valence-electron chi connectivity index (χ2n) is 7.75. The summed E-state index contributed by atoms with van der Waals surface area (Å²) in [7, 11) is 0. The van der Waals surface area contributed by atoms with Gasteiger partial charge in [0.2, 0.25) is 0 Å². The van der Waals surface area contributed by atoms with Gasteiger partial charge in [-0.3, -0.25) is 4.98 Å². The molecule has 1 N–H and O–H groups in total. The molecule has 2 aromatic carbocycles. The number of hydrogen-bond acceptors (Lipinski definition) is 4. The van der Waals surface area contributed by atoms with Crippen LogP contribution in [0, 0.1) is 5.82 Å². The molecule has 5 rings (SSSR count). The molecule has 34 heavy (non-hydrogen) atoms. The Morgan fingerprint density at radius 3 is 2.65 bits per heavy atom. The molecule has 0 spiro atoms. The van der Waals surface area contributed by atoms with Gasteiger partial charge in [-0.05, 0) is 102 Å². The Bertz CT molecular complexity index is 1310. The van der Waals surface area contributed by atoms with E-state index in [9.17, 15) is 4.39 Å². The molecule has 0 bridgehead atoms. The zero-order valence-corrected chi connectivity index (χ0v) is 20.6. The Balaban J connectivity index is 1.57. The van der Waals surface area contributed by atoms with Gasteiger partial charge in [-0.25, -0.2) is 4.39 Å². The monoisotopic (exact) mass is 537 g/mol. The molecule has 1 aliphatic rings. The van der Waals surface area contributed by atoms with Crippen LogP contribution in [0.1, 0.15) is 30.5 Å². The van der Waals surface area contributed by atoms with E-state index in [0.29, 0.717) is 27.7 Å². The lowest BCUT2D eigenvalue weighted by molar-refractivity contribution is 0.340. The van der Waals surface area contributed by atoms with E-state index < -0.39 is 0 Å². The topological polar surface area (TPSA) is 50.5 Å². The van der Waals surface area contributed by atoms with Crippen LogP contribution in [0.2, 0.25) is 0 Å². The molecular weight excluding hydrogens is 517 g/mol. The number of rotatable bonds is 6. The summed E-state index contributed by atoms with van der Waals surface area (Å²) in [5.41, 5.74) is 2.53. The van der Waals surface area contributed by atoms with Crippen molar-refractivity contribution < 1.29 is 13.5 Å². The molecular formula is C26H21BrFN3O2S. The standard InChI is InChI=1S/C26H21BrFN3O2S/c1-2-32-18-9-7-17(8-10-18)31-25(24(30-26(31)34)21-5-3-4-14-29-21)23-13-12-22(33-23)19-11-6-16(28)15-20(19)27/h3-15,24-25H,2H2,1H3,(H,30,34)/t24-,25+/m1/s1. The van der Waals surface area contributed by atoms with Gasteiger partial charge in [0, 0.05) is 21.9 Å². The highest BCUT2D eigenvalue weighted by Crippen LogP contribution is 2.43. The van der Waals surface area contributed by atoms with E-state index in [1.54, 1.807) is 12.3 Å². The molecule has 5 nitrogen and oxygen atoms in total. The minimum absolute atomic E-state index is 0.226. The summed E-state index contributed by atoms with van der Waals surface area (Å²) >= 11 is 9.20. The molecule has 0 amide bonds. The number of pyridine rings is 1. The average Bonchev–Trinajstić information content (AvgIpc) is 3.45. The Labute approximate surface area is 210 Å². The van der Waals surface area contributed by atoms with Crippen molar-refractivity contribution in [2.24, 2.45) is 0 Å². The first-order valence-corrected chi connectivity index (χ1v) is 12.0. The number of hydrogen-bond donors (Lipinski definition) is 1. The van der Waals surface area contributed by atoms with E-state index >= 15 is 0 Å². The number of thiocarbonyl (C=S) groups is 1. The Hall–Kier alpha value is -3.23. The molecule has 8 heteroatoms. The van der Waals surface area contributed by atoms with Crippen molar-refractivity contribution in [3.63, 3.8) is 0 Å². The highest BCUT2D eigenvalue weighted by molar-refractivity contribution is 9.10. The second-order valence-corrected chi connectivity index (χ2v) is 8.99. The molecule has 0 saturated carbocycles. The van der Waals surface area contributed by atoms with E-state index in [-0.39, 0.29) is 17.9 Å². The molecule has 1 aliphatic heterocycles. The predicted molar refractivity (Wildman–Crippen MR) is 137 cm³/mol. The van der Waals surface area contributed by atoms with Crippen LogP contribution in [-0.4, -0.2) is 16.7 Å².